The van der Waals surface area contributed by atoms with Gasteiger partial charge in [-0.3, -0.25) is 9.58 Å². The zero-order valence-electron chi connectivity index (χ0n) is 15.8. The van der Waals surface area contributed by atoms with Crippen LogP contribution in [0.25, 0.3) is 11.1 Å². The minimum Gasteiger partial charge on any atom is -0.394 e. The van der Waals surface area contributed by atoms with Gasteiger partial charge in [0.1, 0.15) is 0 Å². The molecule has 1 N–H and O–H groups in total. The van der Waals surface area contributed by atoms with Gasteiger partial charge in [-0.2, -0.15) is 5.10 Å². The summed E-state index contributed by atoms with van der Waals surface area (Å²) in [5, 5.41) is 13.7. The van der Waals surface area contributed by atoms with E-state index >= 15 is 0 Å². The van der Waals surface area contributed by atoms with Gasteiger partial charge in [-0.15, -0.1) is 0 Å². The van der Waals surface area contributed by atoms with E-state index in [0.29, 0.717) is 6.54 Å². The molecule has 0 bridgehead atoms. The molecule has 0 unspecified atom stereocenters. The highest BCUT2D eigenvalue weighted by atomic mass is 16.3. The summed E-state index contributed by atoms with van der Waals surface area (Å²) in [6.45, 7) is 6.52. The zero-order chi connectivity index (χ0) is 18.5. The van der Waals surface area contributed by atoms with Crippen molar-refractivity contribution in [3.8, 4) is 11.1 Å². The second kappa shape index (κ2) is 8.30. The van der Waals surface area contributed by atoms with Crippen LogP contribution in [0.2, 0.25) is 0 Å². The van der Waals surface area contributed by atoms with E-state index in [-0.39, 0.29) is 6.61 Å². The van der Waals surface area contributed by atoms with Crippen molar-refractivity contribution in [3.63, 3.8) is 0 Å². The van der Waals surface area contributed by atoms with E-state index in [1.165, 1.54) is 22.3 Å². The number of aliphatic hydroxyl groups is 1. The molecule has 136 valence electrons. The molecule has 0 aliphatic carbocycles. The summed E-state index contributed by atoms with van der Waals surface area (Å²) < 4.78 is 1.90. The fraction of sp³-hybridized carbons (Fsp3) is 0.318. The standard InChI is InChI=1S/C22H27N3O/c1-17-22(18(2)25(23-17)13-14-26)16-24(3)15-19-9-11-21(12-10-19)20-7-5-4-6-8-20/h4-12,26H,13-16H2,1-3H3. The number of hydrogen-bond donors (Lipinski definition) is 1. The van der Waals surface area contributed by atoms with Crippen molar-refractivity contribution >= 4 is 0 Å². The number of benzene rings is 2. The summed E-state index contributed by atoms with van der Waals surface area (Å²) in [6.07, 6.45) is 0. The molecule has 4 nitrogen and oxygen atoms in total. The van der Waals surface area contributed by atoms with Crippen LogP contribution in [0.15, 0.2) is 54.6 Å². The van der Waals surface area contributed by atoms with Gasteiger partial charge in [0, 0.05) is 24.3 Å². The van der Waals surface area contributed by atoms with E-state index in [4.69, 9.17) is 5.11 Å². The summed E-state index contributed by atoms with van der Waals surface area (Å²) in [5.41, 5.74) is 7.22. The van der Waals surface area contributed by atoms with Gasteiger partial charge < -0.3 is 5.11 Å². The Morgan fingerprint density at radius 2 is 1.58 bits per heavy atom. The van der Waals surface area contributed by atoms with Gasteiger partial charge in [-0.25, -0.2) is 0 Å². The Morgan fingerprint density at radius 1 is 0.923 bits per heavy atom. The van der Waals surface area contributed by atoms with E-state index in [9.17, 15) is 0 Å². The molecule has 0 spiro atoms. The van der Waals surface area contributed by atoms with Crippen molar-refractivity contribution in [2.45, 2.75) is 33.5 Å². The van der Waals surface area contributed by atoms with Crippen molar-refractivity contribution in [2.75, 3.05) is 13.7 Å². The summed E-state index contributed by atoms with van der Waals surface area (Å²) in [5.74, 6) is 0. The van der Waals surface area contributed by atoms with Crippen LogP contribution in [-0.2, 0) is 19.6 Å². The number of aromatic nitrogens is 2. The molecule has 0 amide bonds. The van der Waals surface area contributed by atoms with Crippen LogP contribution in [-0.4, -0.2) is 33.4 Å². The Kier molecular flexibility index (Phi) is 5.86. The van der Waals surface area contributed by atoms with E-state index < -0.39 is 0 Å². The molecule has 2 aromatic carbocycles. The van der Waals surface area contributed by atoms with Crippen LogP contribution in [0.1, 0.15) is 22.5 Å². The number of nitrogens with zero attached hydrogens (tertiary/aromatic N) is 3. The zero-order valence-corrected chi connectivity index (χ0v) is 15.8. The largest absolute Gasteiger partial charge is 0.394 e. The number of hydrogen-bond acceptors (Lipinski definition) is 3. The maximum absolute atomic E-state index is 9.15. The lowest BCUT2D eigenvalue weighted by molar-refractivity contribution is 0.267. The third-order valence-electron chi connectivity index (χ3n) is 4.78. The van der Waals surface area contributed by atoms with Crippen molar-refractivity contribution in [3.05, 3.63) is 77.1 Å². The molecule has 0 saturated heterocycles. The average Bonchev–Trinajstić information content (AvgIpc) is 2.91. The summed E-state index contributed by atoms with van der Waals surface area (Å²) >= 11 is 0. The number of aryl methyl sites for hydroxylation is 1. The molecule has 3 rings (SSSR count). The Balaban J connectivity index is 1.66. The highest BCUT2D eigenvalue weighted by molar-refractivity contribution is 5.63. The normalized spacial score (nSPS) is 11.3. The molecular formula is C22H27N3O. The first-order chi connectivity index (χ1) is 12.6. The third-order valence-corrected chi connectivity index (χ3v) is 4.78. The van der Waals surface area contributed by atoms with E-state index in [2.05, 4.69) is 72.5 Å². The van der Waals surface area contributed by atoms with Gasteiger partial charge in [0.15, 0.2) is 0 Å². The minimum atomic E-state index is 0.116. The summed E-state index contributed by atoms with van der Waals surface area (Å²) in [6, 6.07) is 19.2. The quantitative estimate of drug-likeness (QED) is 0.705. The highest BCUT2D eigenvalue weighted by Gasteiger charge is 2.13. The fourth-order valence-corrected chi connectivity index (χ4v) is 3.35. The first-order valence-electron chi connectivity index (χ1n) is 9.05. The monoisotopic (exact) mass is 349 g/mol. The Bertz CT molecular complexity index is 838. The molecule has 1 heterocycles. The third kappa shape index (κ3) is 4.21. The van der Waals surface area contributed by atoms with E-state index in [1.807, 2.05) is 17.7 Å². The van der Waals surface area contributed by atoms with Gasteiger partial charge in [0.25, 0.3) is 0 Å². The lowest BCUT2D eigenvalue weighted by Gasteiger charge is -2.17. The number of aliphatic hydroxyl groups excluding tert-OH is 1. The molecule has 26 heavy (non-hydrogen) atoms. The molecule has 0 aliphatic heterocycles. The number of rotatable bonds is 7. The Hall–Kier alpha value is -2.43. The SMILES string of the molecule is Cc1nn(CCO)c(C)c1CN(C)Cc1ccc(-c2ccccc2)cc1. The lowest BCUT2D eigenvalue weighted by atomic mass is 10.0. The van der Waals surface area contributed by atoms with E-state index in [1.54, 1.807) is 0 Å². The van der Waals surface area contributed by atoms with Crippen LogP contribution in [0, 0.1) is 13.8 Å². The average molecular weight is 349 g/mol. The summed E-state index contributed by atoms with van der Waals surface area (Å²) in [7, 11) is 2.13. The van der Waals surface area contributed by atoms with Gasteiger partial charge in [-0.1, -0.05) is 54.6 Å². The molecule has 4 heteroatoms. The van der Waals surface area contributed by atoms with Crippen molar-refractivity contribution < 1.29 is 5.11 Å². The van der Waals surface area contributed by atoms with Crippen LogP contribution in [0.5, 0.6) is 0 Å². The first kappa shape index (κ1) is 18.4. The minimum absolute atomic E-state index is 0.116. The lowest BCUT2D eigenvalue weighted by Crippen LogP contribution is -2.18. The Morgan fingerprint density at radius 3 is 2.23 bits per heavy atom. The molecule has 0 fully saturated rings. The second-order valence-corrected chi connectivity index (χ2v) is 6.83. The second-order valence-electron chi connectivity index (χ2n) is 6.83. The van der Waals surface area contributed by atoms with Crippen molar-refractivity contribution in [1.29, 1.82) is 0 Å². The molecule has 0 radical (unpaired) electrons. The first-order valence-corrected chi connectivity index (χ1v) is 9.05. The van der Waals surface area contributed by atoms with Gasteiger partial charge in [0.05, 0.1) is 18.8 Å². The fourth-order valence-electron chi connectivity index (χ4n) is 3.35. The predicted molar refractivity (Wildman–Crippen MR) is 106 cm³/mol. The predicted octanol–water partition coefficient (Wildman–Crippen LogP) is 3.79. The smallest absolute Gasteiger partial charge is 0.0644 e. The van der Waals surface area contributed by atoms with Gasteiger partial charge >= 0.3 is 0 Å². The Labute approximate surface area is 155 Å². The van der Waals surface area contributed by atoms with Crippen molar-refractivity contribution in [1.82, 2.24) is 14.7 Å². The van der Waals surface area contributed by atoms with Crippen molar-refractivity contribution in [2.24, 2.45) is 0 Å². The molecule has 0 aliphatic rings. The van der Waals surface area contributed by atoms with Crippen LogP contribution in [0.4, 0.5) is 0 Å². The molecule has 3 aromatic rings. The van der Waals surface area contributed by atoms with Crippen LogP contribution >= 0.6 is 0 Å². The van der Waals surface area contributed by atoms with Gasteiger partial charge in [-0.05, 0) is 37.6 Å². The topological polar surface area (TPSA) is 41.3 Å². The molecule has 1 aromatic heterocycles. The van der Waals surface area contributed by atoms with Crippen LogP contribution < -0.4 is 0 Å². The molecular weight excluding hydrogens is 322 g/mol. The maximum atomic E-state index is 9.15. The highest BCUT2D eigenvalue weighted by Crippen LogP contribution is 2.21. The van der Waals surface area contributed by atoms with Crippen LogP contribution in [0.3, 0.4) is 0 Å². The summed E-state index contributed by atoms with van der Waals surface area (Å²) in [4.78, 5) is 2.30. The van der Waals surface area contributed by atoms with Gasteiger partial charge in [0.2, 0.25) is 0 Å². The molecule has 0 atom stereocenters. The molecule has 0 saturated carbocycles. The maximum Gasteiger partial charge on any atom is 0.0644 e. The van der Waals surface area contributed by atoms with E-state index in [0.717, 1.165) is 24.5 Å².